The fourth-order valence-electron chi connectivity index (χ4n) is 1.91. The van der Waals surface area contributed by atoms with Crippen LogP contribution in [0.3, 0.4) is 0 Å². The fourth-order valence-corrected chi connectivity index (χ4v) is 3.54. The van der Waals surface area contributed by atoms with Gasteiger partial charge in [-0.1, -0.05) is 11.6 Å². The van der Waals surface area contributed by atoms with Gasteiger partial charge in [0.25, 0.3) is 10.0 Å². The van der Waals surface area contributed by atoms with E-state index in [1.807, 2.05) is 0 Å². The van der Waals surface area contributed by atoms with E-state index >= 15 is 0 Å². The molecule has 0 unspecified atom stereocenters. The van der Waals surface area contributed by atoms with Gasteiger partial charge < -0.3 is 5.11 Å². The number of nitrogens with zero attached hydrogens (tertiary/aromatic N) is 1. The average Bonchev–Trinajstić information content (AvgIpc) is 2.71. The number of aryl methyl sites for hydroxylation is 2. The number of carboxylic acid groups (broad SMARTS) is 1. The third-order valence-electron chi connectivity index (χ3n) is 2.79. The van der Waals surface area contributed by atoms with Gasteiger partial charge in [-0.25, -0.2) is 13.2 Å². The number of H-pyrrole nitrogens is 1. The van der Waals surface area contributed by atoms with Crippen molar-refractivity contribution in [2.75, 3.05) is 4.72 Å². The molecule has 1 aromatic heterocycles. The number of benzene rings is 1. The van der Waals surface area contributed by atoms with Gasteiger partial charge in [0.05, 0.1) is 22.6 Å². The number of sulfonamides is 1. The minimum absolute atomic E-state index is 0.00575. The monoisotopic (exact) mass is 329 g/mol. The van der Waals surface area contributed by atoms with Crippen LogP contribution >= 0.6 is 11.6 Å². The second-order valence-corrected chi connectivity index (χ2v) is 6.42. The summed E-state index contributed by atoms with van der Waals surface area (Å²) in [4.78, 5) is 11.2. The average molecular weight is 330 g/mol. The lowest BCUT2D eigenvalue weighted by Crippen LogP contribution is -2.17. The summed E-state index contributed by atoms with van der Waals surface area (Å²) in [6.45, 7) is 3.10. The summed E-state index contributed by atoms with van der Waals surface area (Å²) in [5, 5.41) is 15.7. The molecule has 9 heteroatoms. The number of aromatic carboxylic acids is 1. The normalized spacial score (nSPS) is 11.4. The van der Waals surface area contributed by atoms with Crippen LogP contribution in [-0.4, -0.2) is 29.7 Å². The van der Waals surface area contributed by atoms with Gasteiger partial charge in [0, 0.05) is 5.02 Å². The summed E-state index contributed by atoms with van der Waals surface area (Å²) >= 11 is 5.73. The molecule has 112 valence electrons. The molecule has 0 aliphatic heterocycles. The minimum Gasteiger partial charge on any atom is -0.478 e. The van der Waals surface area contributed by atoms with Gasteiger partial charge in [0.15, 0.2) is 0 Å². The lowest BCUT2D eigenvalue weighted by atomic mass is 10.2. The number of aromatic amines is 1. The maximum Gasteiger partial charge on any atom is 0.337 e. The zero-order valence-corrected chi connectivity index (χ0v) is 12.7. The maximum absolute atomic E-state index is 12.4. The predicted molar refractivity (Wildman–Crippen MR) is 77.3 cm³/mol. The molecule has 2 aromatic rings. The molecule has 0 aliphatic rings. The van der Waals surface area contributed by atoms with Crippen LogP contribution in [0.25, 0.3) is 0 Å². The molecule has 0 bridgehead atoms. The highest BCUT2D eigenvalue weighted by Crippen LogP contribution is 2.25. The summed E-state index contributed by atoms with van der Waals surface area (Å²) in [5.41, 5.74) is 0.369. The van der Waals surface area contributed by atoms with Gasteiger partial charge in [-0.15, -0.1) is 0 Å². The quantitative estimate of drug-likeness (QED) is 0.795. The van der Waals surface area contributed by atoms with Gasteiger partial charge in [-0.2, -0.15) is 5.10 Å². The SMILES string of the molecule is Cc1n[nH]c(C)c1S(=O)(=O)Nc1ccc(Cl)cc1C(=O)O. The third-order valence-corrected chi connectivity index (χ3v) is 4.65. The standard InChI is InChI=1S/C12H12ClN3O4S/c1-6-11(7(2)15-14-6)21(19,20)16-10-4-3-8(13)5-9(10)12(17)18/h3-5,16H,1-2H3,(H,14,15)(H,17,18). The Morgan fingerprint density at radius 2 is 2.05 bits per heavy atom. The van der Waals surface area contributed by atoms with Gasteiger partial charge in [0.2, 0.25) is 0 Å². The second kappa shape index (κ2) is 5.38. The topological polar surface area (TPSA) is 112 Å². The second-order valence-electron chi connectivity index (χ2n) is 4.36. The molecule has 3 N–H and O–H groups in total. The molecule has 7 nitrogen and oxygen atoms in total. The molecule has 0 amide bonds. The summed E-state index contributed by atoms with van der Waals surface area (Å²) < 4.78 is 27.0. The Hall–Kier alpha value is -2.06. The largest absolute Gasteiger partial charge is 0.478 e. The molecular weight excluding hydrogens is 318 g/mol. The van der Waals surface area contributed by atoms with Crippen molar-refractivity contribution in [3.8, 4) is 0 Å². The van der Waals surface area contributed by atoms with Crippen molar-refractivity contribution in [3.63, 3.8) is 0 Å². The Bertz CT molecular complexity index is 794. The van der Waals surface area contributed by atoms with Crippen LogP contribution < -0.4 is 4.72 Å². The third kappa shape index (κ3) is 3.01. The van der Waals surface area contributed by atoms with Crippen LogP contribution in [0.4, 0.5) is 5.69 Å². The first-order valence-corrected chi connectivity index (χ1v) is 7.65. The summed E-state index contributed by atoms with van der Waals surface area (Å²) in [7, 11) is -3.95. The van der Waals surface area contributed by atoms with Crippen molar-refractivity contribution < 1.29 is 18.3 Å². The van der Waals surface area contributed by atoms with Gasteiger partial charge in [-0.05, 0) is 32.0 Å². The van der Waals surface area contributed by atoms with Crippen LogP contribution in [0.15, 0.2) is 23.1 Å². The summed E-state index contributed by atoms with van der Waals surface area (Å²) in [6.07, 6.45) is 0. The van der Waals surface area contributed by atoms with Gasteiger partial charge in [0.1, 0.15) is 4.90 Å². The van der Waals surface area contributed by atoms with Crippen LogP contribution in [0.5, 0.6) is 0 Å². The van der Waals surface area contributed by atoms with Gasteiger partial charge >= 0.3 is 5.97 Å². The number of anilines is 1. The van der Waals surface area contributed by atoms with E-state index < -0.39 is 16.0 Å². The van der Waals surface area contributed by atoms with E-state index in [9.17, 15) is 13.2 Å². The predicted octanol–water partition coefficient (Wildman–Crippen LogP) is 2.18. The zero-order chi connectivity index (χ0) is 15.8. The molecule has 0 radical (unpaired) electrons. The van der Waals surface area contributed by atoms with Crippen molar-refractivity contribution >= 4 is 33.3 Å². The van der Waals surface area contributed by atoms with Crippen molar-refractivity contribution in [2.45, 2.75) is 18.7 Å². The number of aromatic nitrogens is 2. The molecule has 21 heavy (non-hydrogen) atoms. The summed E-state index contributed by atoms with van der Waals surface area (Å²) in [5.74, 6) is -1.28. The van der Waals surface area contributed by atoms with E-state index in [0.29, 0.717) is 11.4 Å². The molecule has 2 rings (SSSR count). The van der Waals surface area contributed by atoms with Crippen LogP contribution in [0, 0.1) is 13.8 Å². The lowest BCUT2D eigenvalue weighted by molar-refractivity contribution is 0.0698. The molecule has 1 heterocycles. The first kappa shape index (κ1) is 15.3. The highest BCUT2D eigenvalue weighted by Gasteiger charge is 2.24. The molecule has 1 aromatic carbocycles. The highest BCUT2D eigenvalue weighted by atomic mass is 35.5. The Kier molecular flexibility index (Phi) is 3.93. The molecule has 0 aliphatic carbocycles. The molecule has 0 saturated heterocycles. The fraction of sp³-hybridized carbons (Fsp3) is 0.167. The van der Waals surface area contributed by atoms with Gasteiger partial charge in [-0.3, -0.25) is 9.82 Å². The number of carboxylic acids is 1. The molecule has 0 fully saturated rings. The molecule has 0 spiro atoms. The van der Waals surface area contributed by atoms with Crippen molar-refractivity contribution in [1.29, 1.82) is 0 Å². The van der Waals surface area contributed by atoms with E-state index in [2.05, 4.69) is 14.9 Å². The van der Waals surface area contributed by atoms with Crippen molar-refractivity contribution in [2.24, 2.45) is 0 Å². The smallest absolute Gasteiger partial charge is 0.337 e. The Balaban J connectivity index is 2.50. The van der Waals surface area contributed by atoms with E-state index in [4.69, 9.17) is 16.7 Å². The Morgan fingerprint density at radius 1 is 1.38 bits per heavy atom. The minimum atomic E-state index is -3.95. The highest BCUT2D eigenvalue weighted by molar-refractivity contribution is 7.92. The maximum atomic E-state index is 12.4. The van der Waals surface area contributed by atoms with Crippen LogP contribution in [-0.2, 0) is 10.0 Å². The van der Waals surface area contributed by atoms with E-state index in [1.54, 1.807) is 6.92 Å². The number of hydrogen-bond acceptors (Lipinski definition) is 4. The lowest BCUT2D eigenvalue weighted by Gasteiger charge is -2.11. The molecule has 0 atom stereocenters. The van der Waals surface area contributed by atoms with Crippen molar-refractivity contribution in [1.82, 2.24) is 10.2 Å². The number of rotatable bonds is 4. The van der Waals surface area contributed by atoms with Crippen LogP contribution in [0.1, 0.15) is 21.7 Å². The molecular formula is C12H12ClN3O4S. The van der Waals surface area contributed by atoms with Crippen LogP contribution in [0.2, 0.25) is 5.02 Å². The van der Waals surface area contributed by atoms with E-state index in [1.165, 1.54) is 25.1 Å². The first-order chi connectivity index (χ1) is 9.72. The van der Waals surface area contributed by atoms with E-state index in [-0.39, 0.29) is 21.2 Å². The summed E-state index contributed by atoms with van der Waals surface area (Å²) in [6, 6.07) is 3.88. The van der Waals surface area contributed by atoms with Crippen molar-refractivity contribution in [3.05, 3.63) is 40.2 Å². The number of nitrogens with one attached hydrogen (secondary N) is 2. The van der Waals surface area contributed by atoms with E-state index in [0.717, 1.165) is 0 Å². The first-order valence-electron chi connectivity index (χ1n) is 5.79. The molecule has 0 saturated carbocycles. The number of halogens is 1. The zero-order valence-electron chi connectivity index (χ0n) is 11.1. The number of hydrogen-bond donors (Lipinski definition) is 3. The Labute approximate surface area is 126 Å². The number of carbonyl (C=O) groups is 1. The Morgan fingerprint density at radius 3 is 2.57 bits per heavy atom.